The number of oxime groups is 1. The summed E-state index contributed by atoms with van der Waals surface area (Å²) in [6, 6.07) is 13.4. The molecular weight excluding hydrogens is 280 g/mol. The third kappa shape index (κ3) is 3.80. The molecule has 6 heteroatoms. The summed E-state index contributed by atoms with van der Waals surface area (Å²) in [5.74, 6) is 0. The maximum atomic E-state index is 10.6. The van der Waals surface area contributed by atoms with E-state index in [4.69, 9.17) is 16.4 Å². The Kier molecular flexibility index (Phi) is 4.68. The Morgan fingerprint density at radius 3 is 2.80 bits per heavy atom. The molecule has 0 saturated heterocycles. The van der Waals surface area contributed by atoms with Crippen molar-refractivity contribution in [2.75, 3.05) is 0 Å². The lowest BCUT2D eigenvalue weighted by molar-refractivity contribution is -0.384. The standard InChI is InChI=1S/C14H11ClN2O3/c15-14-7-2-1-5-12(14)10-20-16-9-11-4-3-6-13(8-11)17(18)19/h1-9H,10H2/b16-9-. The minimum Gasteiger partial charge on any atom is -0.391 e. The number of rotatable bonds is 5. The summed E-state index contributed by atoms with van der Waals surface area (Å²) in [7, 11) is 0. The number of halogens is 1. The summed E-state index contributed by atoms with van der Waals surface area (Å²) >= 11 is 5.97. The summed E-state index contributed by atoms with van der Waals surface area (Å²) in [6.07, 6.45) is 1.42. The minimum absolute atomic E-state index is 0.0139. The van der Waals surface area contributed by atoms with Crippen molar-refractivity contribution in [3.8, 4) is 0 Å². The third-order valence-corrected chi connectivity index (χ3v) is 2.90. The molecule has 0 amide bonds. The Balaban J connectivity index is 1.95. The highest BCUT2D eigenvalue weighted by Crippen LogP contribution is 2.16. The predicted octanol–water partition coefficient (Wildman–Crippen LogP) is 3.80. The first-order valence-electron chi connectivity index (χ1n) is 5.80. The van der Waals surface area contributed by atoms with Crippen molar-refractivity contribution in [3.63, 3.8) is 0 Å². The van der Waals surface area contributed by atoms with E-state index in [1.54, 1.807) is 18.2 Å². The average Bonchev–Trinajstić information content (AvgIpc) is 2.45. The Hall–Kier alpha value is -2.40. The van der Waals surface area contributed by atoms with Gasteiger partial charge in [0.2, 0.25) is 0 Å². The van der Waals surface area contributed by atoms with Crippen molar-refractivity contribution >= 4 is 23.5 Å². The lowest BCUT2D eigenvalue weighted by Crippen LogP contribution is -1.91. The molecule has 0 aliphatic carbocycles. The molecule has 0 fully saturated rings. The molecule has 0 aliphatic heterocycles. The van der Waals surface area contributed by atoms with Gasteiger partial charge >= 0.3 is 0 Å². The Labute approximate surface area is 120 Å². The maximum absolute atomic E-state index is 10.6. The molecule has 0 N–H and O–H groups in total. The summed E-state index contributed by atoms with van der Waals surface area (Å²) in [4.78, 5) is 15.3. The first-order valence-corrected chi connectivity index (χ1v) is 6.18. The average molecular weight is 291 g/mol. The van der Waals surface area contributed by atoms with E-state index in [1.165, 1.54) is 18.3 Å². The van der Waals surface area contributed by atoms with Gasteiger partial charge < -0.3 is 4.84 Å². The van der Waals surface area contributed by atoms with Gasteiger partial charge in [-0.1, -0.05) is 47.1 Å². The molecule has 0 saturated carbocycles. The van der Waals surface area contributed by atoms with Crippen molar-refractivity contribution in [2.24, 2.45) is 5.16 Å². The molecule has 2 aromatic rings. The van der Waals surface area contributed by atoms with Crippen LogP contribution in [0.4, 0.5) is 5.69 Å². The summed E-state index contributed by atoms with van der Waals surface area (Å²) in [5.41, 5.74) is 1.43. The van der Waals surface area contributed by atoms with Crippen molar-refractivity contribution in [3.05, 3.63) is 74.8 Å². The van der Waals surface area contributed by atoms with Gasteiger partial charge in [-0.2, -0.15) is 0 Å². The molecule has 0 radical (unpaired) electrons. The lowest BCUT2D eigenvalue weighted by atomic mass is 10.2. The van der Waals surface area contributed by atoms with Crippen LogP contribution in [0, 0.1) is 10.1 Å². The van der Waals surface area contributed by atoms with Gasteiger partial charge in [-0.25, -0.2) is 0 Å². The predicted molar refractivity (Wildman–Crippen MR) is 76.9 cm³/mol. The van der Waals surface area contributed by atoms with E-state index >= 15 is 0 Å². The van der Waals surface area contributed by atoms with Crippen LogP contribution in [0.1, 0.15) is 11.1 Å². The van der Waals surface area contributed by atoms with Crippen LogP contribution in [-0.2, 0) is 11.4 Å². The van der Waals surface area contributed by atoms with E-state index in [0.717, 1.165) is 5.56 Å². The SMILES string of the molecule is O=[N+]([O-])c1cccc(/C=N\OCc2ccccc2Cl)c1. The van der Waals surface area contributed by atoms with Gasteiger partial charge in [0.25, 0.3) is 5.69 Å². The molecule has 0 aliphatic rings. The van der Waals surface area contributed by atoms with Crippen LogP contribution in [0.25, 0.3) is 0 Å². The van der Waals surface area contributed by atoms with Gasteiger partial charge in [0.15, 0.2) is 0 Å². The zero-order valence-electron chi connectivity index (χ0n) is 10.4. The first-order chi connectivity index (χ1) is 9.66. The summed E-state index contributed by atoms with van der Waals surface area (Å²) in [5, 5.41) is 15.0. The van der Waals surface area contributed by atoms with Crippen LogP contribution < -0.4 is 0 Å². The van der Waals surface area contributed by atoms with Crippen LogP contribution in [0.15, 0.2) is 53.7 Å². The van der Waals surface area contributed by atoms with Crippen LogP contribution in [0.2, 0.25) is 5.02 Å². The maximum Gasteiger partial charge on any atom is 0.270 e. The zero-order chi connectivity index (χ0) is 14.4. The molecule has 5 nitrogen and oxygen atoms in total. The summed E-state index contributed by atoms with van der Waals surface area (Å²) in [6.45, 7) is 0.241. The van der Waals surface area contributed by atoms with Gasteiger partial charge in [0, 0.05) is 28.3 Å². The third-order valence-electron chi connectivity index (χ3n) is 2.54. The zero-order valence-corrected chi connectivity index (χ0v) is 11.2. The minimum atomic E-state index is -0.456. The van der Waals surface area contributed by atoms with Gasteiger partial charge in [-0.3, -0.25) is 10.1 Å². The van der Waals surface area contributed by atoms with Gasteiger partial charge in [-0.05, 0) is 6.07 Å². The molecule has 20 heavy (non-hydrogen) atoms. The van der Waals surface area contributed by atoms with E-state index in [9.17, 15) is 10.1 Å². The molecule has 102 valence electrons. The molecule has 2 aromatic carbocycles. The number of hydrogen-bond acceptors (Lipinski definition) is 4. The number of nitro benzene ring substituents is 1. The number of nitrogens with zero attached hydrogens (tertiary/aromatic N) is 2. The molecule has 0 heterocycles. The smallest absolute Gasteiger partial charge is 0.270 e. The summed E-state index contributed by atoms with van der Waals surface area (Å²) < 4.78 is 0. The number of nitro groups is 1. The number of benzene rings is 2. The normalized spacial score (nSPS) is 10.7. The second-order valence-corrected chi connectivity index (χ2v) is 4.36. The molecule has 0 atom stereocenters. The molecular formula is C14H11ClN2O3. The van der Waals surface area contributed by atoms with Crippen molar-refractivity contribution in [1.29, 1.82) is 0 Å². The fraction of sp³-hybridized carbons (Fsp3) is 0.0714. The van der Waals surface area contributed by atoms with Crippen LogP contribution in [0.3, 0.4) is 0 Å². The molecule has 0 bridgehead atoms. The Morgan fingerprint density at radius 2 is 2.05 bits per heavy atom. The Bertz CT molecular complexity index is 644. The molecule has 2 rings (SSSR count). The van der Waals surface area contributed by atoms with E-state index in [2.05, 4.69) is 5.16 Å². The van der Waals surface area contributed by atoms with E-state index in [1.807, 2.05) is 18.2 Å². The fourth-order valence-electron chi connectivity index (χ4n) is 1.54. The number of non-ortho nitro benzene ring substituents is 1. The van der Waals surface area contributed by atoms with Crippen molar-refractivity contribution in [2.45, 2.75) is 6.61 Å². The second-order valence-electron chi connectivity index (χ2n) is 3.95. The molecule has 0 aromatic heterocycles. The monoisotopic (exact) mass is 290 g/mol. The van der Waals surface area contributed by atoms with E-state index < -0.39 is 4.92 Å². The van der Waals surface area contributed by atoms with Crippen LogP contribution >= 0.6 is 11.6 Å². The lowest BCUT2D eigenvalue weighted by Gasteiger charge is -2.01. The highest BCUT2D eigenvalue weighted by molar-refractivity contribution is 6.31. The van der Waals surface area contributed by atoms with Crippen molar-refractivity contribution < 1.29 is 9.76 Å². The van der Waals surface area contributed by atoms with Crippen molar-refractivity contribution in [1.82, 2.24) is 0 Å². The van der Waals surface area contributed by atoms with E-state index in [0.29, 0.717) is 10.6 Å². The second kappa shape index (κ2) is 6.68. The quantitative estimate of drug-likeness (QED) is 0.478. The topological polar surface area (TPSA) is 64.7 Å². The molecule has 0 spiro atoms. The highest BCUT2D eigenvalue weighted by atomic mass is 35.5. The largest absolute Gasteiger partial charge is 0.391 e. The van der Waals surface area contributed by atoms with E-state index in [-0.39, 0.29) is 12.3 Å². The van der Waals surface area contributed by atoms with Gasteiger partial charge in [0.1, 0.15) is 6.61 Å². The highest BCUT2D eigenvalue weighted by Gasteiger charge is 2.04. The first kappa shape index (κ1) is 14.0. The van der Waals surface area contributed by atoms with Crippen LogP contribution in [-0.4, -0.2) is 11.1 Å². The molecule has 0 unspecified atom stereocenters. The Morgan fingerprint density at radius 1 is 1.25 bits per heavy atom. The van der Waals surface area contributed by atoms with Gasteiger partial charge in [-0.15, -0.1) is 0 Å². The number of hydrogen-bond donors (Lipinski definition) is 0. The van der Waals surface area contributed by atoms with Crippen LogP contribution in [0.5, 0.6) is 0 Å². The fourth-order valence-corrected chi connectivity index (χ4v) is 1.73. The van der Waals surface area contributed by atoms with Gasteiger partial charge in [0.05, 0.1) is 11.1 Å².